The Morgan fingerprint density at radius 2 is 1.91 bits per heavy atom. The Balaban J connectivity index is 1.28. The smallest absolute Gasteiger partial charge is 0.228 e. The van der Waals surface area contributed by atoms with Gasteiger partial charge in [-0.2, -0.15) is 10.2 Å². The molecular weight excluding hydrogens is 612 g/mol. The van der Waals surface area contributed by atoms with Gasteiger partial charge in [0.05, 0.1) is 29.5 Å². The number of fused-ring (bicyclic) bond motifs is 3. The first kappa shape index (κ1) is 29.6. The van der Waals surface area contributed by atoms with Gasteiger partial charge in [0.15, 0.2) is 11.4 Å². The Labute approximate surface area is 268 Å². The second-order valence-corrected chi connectivity index (χ2v) is 13.7. The van der Waals surface area contributed by atoms with Gasteiger partial charge < -0.3 is 23.8 Å². The normalized spacial score (nSPS) is 19.2. The fraction of sp³-hybridized carbons (Fsp3) is 0.344. The zero-order valence-corrected chi connectivity index (χ0v) is 26.9. The van der Waals surface area contributed by atoms with E-state index in [1.165, 1.54) is 23.0 Å². The summed E-state index contributed by atoms with van der Waals surface area (Å²) in [4.78, 5) is 23.1. The van der Waals surface area contributed by atoms with Crippen LogP contribution < -0.4 is 4.90 Å². The molecule has 2 aliphatic heterocycles. The highest BCUT2D eigenvalue weighted by atomic mass is 32.2. The van der Waals surface area contributed by atoms with Crippen LogP contribution in [0.3, 0.4) is 0 Å². The van der Waals surface area contributed by atoms with Crippen LogP contribution in [0.5, 0.6) is 0 Å². The van der Waals surface area contributed by atoms with Crippen LogP contribution >= 0.6 is 23.1 Å². The van der Waals surface area contributed by atoms with E-state index in [1.54, 1.807) is 35.4 Å². The van der Waals surface area contributed by atoms with Crippen molar-refractivity contribution in [3.63, 3.8) is 0 Å². The molecule has 5 aromatic rings. The standard InChI is InChI=1S/C32H31FN8O2S2/c1-32(2)42-23-14-40(15-24(23)43-32)31-37-28-26(30(38-31)44-16-19-8-6-5-7-9-19)35-18-41(28)13-20-10-11-22(33)27-25(20)21(12-34)29(45-27)36-17-39(3)4/h5-11,17-18,23-24H,13-16H2,1-4H3/b36-17+/t23-,24+. The Bertz CT molecular complexity index is 1950. The quantitative estimate of drug-likeness (QED) is 0.0879. The number of aliphatic imine (C=N–C) groups is 1. The summed E-state index contributed by atoms with van der Waals surface area (Å²) in [6.07, 6.45) is 3.22. The van der Waals surface area contributed by atoms with Gasteiger partial charge in [0.1, 0.15) is 39.6 Å². The highest BCUT2D eigenvalue weighted by Crippen LogP contribution is 2.41. The van der Waals surface area contributed by atoms with E-state index in [0.717, 1.165) is 16.3 Å². The number of aromatic nitrogens is 4. The molecule has 0 unspecified atom stereocenters. The van der Waals surface area contributed by atoms with Crippen molar-refractivity contribution in [1.82, 2.24) is 24.4 Å². The third-order valence-electron chi connectivity index (χ3n) is 7.72. The van der Waals surface area contributed by atoms with Gasteiger partial charge in [-0.05, 0) is 31.0 Å². The fourth-order valence-electron chi connectivity index (χ4n) is 5.79. The van der Waals surface area contributed by atoms with Crippen molar-refractivity contribution in [2.24, 2.45) is 4.99 Å². The van der Waals surface area contributed by atoms with Crippen molar-refractivity contribution in [3.05, 3.63) is 71.3 Å². The van der Waals surface area contributed by atoms with Gasteiger partial charge in [0, 0.05) is 38.3 Å². The van der Waals surface area contributed by atoms with E-state index in [4.69, 9.17) is 24.4 Å². The van der Waals surface area contributed by atoms with Crippen molar-refractivity contribution in [3.8, 4) is 6.07 Å². The van der Waals surface area contributed by atoms with E-state index in [2.05, 4.69) is 28.1 Å². The number of hydrogen-bond acceptors (Lipinski definition) is 10. The maximum Gasteiger partial charge on any atom is 0.228 e. The van der Waals surface area contributed by atoms with Crippen LogP contribution in [0, 0.1) is 17.1 Å². The predicted molar refractivity (Wildman–Crippen MR) is 175 cm³/mol. The number of benzene rings is 2. The minimum absolute atomic E-state index is 0.0653. The lowest BCUT2D eigenvalue weighted by molar-refractivity contribution is -0.147. The average molecular weight is 643 g/mol. The highest BCUT2D eigenvalue weighted by molar-refractivity contribution is 7.98. The topological polar surface area (TPSA) is 105 Å². The van der Waals surface area contributed by atoms with Crippen LogP contribution in [0.4, 0.5) is 15.3 Å². The van der Waals surface area contributed by atoms with Crippen molar-refractivity contribution in [2.45, 2.75) is 49.2 Å². The Morgan fingerprint density at radius 3 is 2.62 bits per heavy atom. The van der Waals surface area contributed by atoms with Gasteiger partial charge in [-0.15, -0.1) is 11.3 Å². The summed E-state index contributed by atoms with van der Waals surface area (Å²) in [7, 11) is 3.69. The third kappa shape index (κ3) is 5.75. The number of rotatable bonds is 8. The maximum atomic E-state index is 15.0. The predicted octanol–water partition coefficient (Wildman–Crippen LogP) is 5.95. The summed E-state index contributed by atoms with van der Waals surface area (Å²) >= 11 is 2.79. The maximum absolute atomic E-state index is 15.0. The lowest BCUT2D eigenvalue weighted by Crippen LogP contribution is -2.31. The summed E-state index contributed by atoms with van der Waals surface area (Å²) in [5, 5.41) is 11.9. The molecule has 7 rings (SSSR count). The molecule has 2 fully saturated rings. The molecule has 0 bridgehead atoms. The molecule has 5 heterocycles. The van der Waals surface area contributed by atoms with Gasteiger partial charge in [-0.3, -0.25) is 0 Å². The average Bonchev–Trinajstić information content (AvgIpc) is 3.77. The first-order chi connectivity index (χ1) is 21.7. The van der Waals surface area contributed by atoms with Crippen LogP contribution in [-0.2, 0) is 21.8 Å². The molecule has 2 aromatic carbocycles. The number of thiophene rings is 1. The van der Waals surface area contributed by atoms with Crippen molar-refractivity contribution in [2.75, 3.05) is 32.1 Å². The lowest BCUT2D eigenvalue weighted by Gasteiger charge is -2.23. The van der Waals surface area contributed by atoms with E-state index in [0.29, 0.717) is 57.4 Å². The highest BCUT2D eigenvalue weighted by Gasteiger charge is 2.47. The van der Waals surface area contributed by atoms with E-state index in [-0.39, 0.29) is 18.0 Å². The molecule has 10 nitrogen and oxygen atoms in total. The number of nitrogens with zero attached hydrogens (tertiary/aromatic N) is 8. The molecule has 2 aliphatic rings. The summed E-state index contributed by atoms with van der Waals surface area (Å²) in [5.74, 6) is 0.314. The van der Waals surface area contributed by atoms with Gasteiger partial charge >= 0.3 is 0 Å². The Morgan fingerprint density at radius 1 is 1.16 bits per heavy atom. The molecular formula is C32H31FN8O2S2. The van der Waals surface area contributed by atoms with Gasteiger partial charge in [-0.1, -0.05) is 48.2 Å². The number of hydrogen-bond donors (Lipinski definition) is 0. The van der Waals surface area contributed by atoms with E-state index < -0.39 is 5.79 Å². The number of nitriles is 1. The minimum atomic E-state index is -0.608. The molecule has 13 heteroatoms. The number of halogens is 1. The van der Waals surface area contributed by atoms with E-state index >= 15 is 4.39 Å². The molecule has 3 aromatic heterocycles. The molecule has 0 aliphatic carbocycles. The van der Waals surface area contributed by atoms with Gasteiger partial charge in [0.25, 0.3) is 0 Å². The molecule has 0 radical (unpaired) electrons. The SMILES string of the molecule is CN(C)/C=N/c1sc2c(F)ccc(Cn3cnc4c(SCc5ccccc5)nc(N5C[C@@H]6OC(C)(C)O[C@@H]6C5)nc43)c2c1C#N. The first-order valence-electron chi connectivity index (χ1n) is 14.5. The first-order valence-corrected chi connectivity index (χ1v) is 16.3. The van der Waals surface area contributed by atoms with Crippen molar-refractivity contribution in [1.29, 1.82) is 5.26 Å². The van der Waals surface area contributed by atoms with Gasteiger partial charge in [-0.25, -0.2) is 19.4 Å². The second-order valence-electron chi connectivity index (χ2n) is 11.8. The summed E-state index contributed by atoms with van der Waals surface area (Å²) in [6.45, 7) is 5.44. The molecule has 230 valence electrons. The van der Waals surface area contributed by atoms with Crippen molar-refractivity contribution < 1.29 is 13.9 Å². The van der Waals surface area contributed by atoms with Crippen LogP contribution in [0.2, 0.25) is 0 Å². The number of ether oxygens (including phenoxy) is 2. The Hall–Kier alpha value is -4.09. The van der Waals surface area contributed by atoms with Crippen LogP contribution in [0.25, 0.3) is 21.3 Å². The lowest BCUT2D eigenvalue weighted by atomic mass is 10.1. The molecule has 45 heavy (non-hydrogen) atoms. The molecule has 2 saturated heterocycles. The molecule has 0 spiro atoms. The monoisotopic (exact) mass is 642 g/mol. The van der Waals surface area contributed by atoms with Crippen LogP contribution in [0.15, 0.2) is 58.8 Å². The largest absolute Gasteiger partial charge is 0.369 e. The van der Waals surface area contributed by atoms with Gasteiger partial charge in [0.2, 0.25) is 5.95 Å². The van der Waals surface area contributed by atoms with Crippen molar-refractivity contribution >= 4 is 61.6 Å². The van der Waals surface area contributed by atoms with E-state index in [9.17, 15) is 5.26 Å². The fourth-order valence-corrected chi connectivity index (χ4v) is 7.75. The molecule has 0 amide bonds. The number of imidazole rings is 1. The third-order valence-corrected chi connectivity index (χ3v) is 9.87. The minimum Gasteiger partial charge on any atom is -0.369 e. The van der Waals surface area contributed by atoms with Crippen LogP contribution in [0.1, 0.15) is 30.5 Å². The number of thioether (sulfide) groups is 1. The summed E-state index contributed by atoms with van der Waals surface area (Å²) < 4.78 is 29.6. The molecule has 0 saturated carbocycles. The Kier molecular flexibility index (Phi) is 7.69. The molecule has 0 N–H and O–H groups in total. The van der Waals surface area contributed by atoms with E-state index in [1.807, 2.05) is 50.7 Å². The second kappa shape index (κ2) is 11.7. The van der Waals surface area contributed by atoms with Crippen LogP contribution in [-0.4, -0.2) is 75.9 Å². The molecule has 2 atom stereocenters. The number of anilines is 1. The zero-order chi connectivity index (χ0) is 31.3. The summed E-state index contributed by atoms with van der Waals surface area (Å²) in [6, 6.07) is 15.7. The zero-order valence-electron chi connectivity index (χ0n) is 25.3. The summed E-state index contributed by atoms with van der Waals surface area (Å²) in [5.41, 5.74) is 3.66.